The number of nitriles is 1. The van der Waals surface area contributed by atoms with Gasteiger partial charge in [0.15, 0.2) is 0 Å². The minimum atomic E-state index is -1.16. The van der Waals surface area contributed by atoms with Gasteiger partial charge in [0, 0.05) is 74.1 Å². The molecular formula is C31H29N9O3. The molecule has 12 nitrogen and oxygen atoms in total. The smallest absolute Gasteiger partial charge is 0.405 e. The first kappa shape index (κ1) is 27.5. The molecule has 0 radical (unpaired) electrons. The monoisotopic (exact) mass is 575 g/mol. The van der Waals surface area contributed by atoms with E-state index in [-0.39, 0.29) is 12.3 Å². The summed E-state index contributed by atoms with van der Waals surface area (Å²) in [6, 6.07) is 16.7. The molecular weight excluding hydrogens is 546 g/mol. The van der Waals surface area contributed by atoms with E-state index in [2.05, 4.69) is 26.5 Å². The molecule has 5 heterocycles. The number of fused-ring (bicyclic) bond motifs is 1. The number of aromatic nitrogens is 5. The van der Waals surface area contributed by atoms with Crippen LogP contribution in [0.3, 0.4) is 0 Å². The van der Waals surface area contributed by atoms with E-state index in [1.165, 1.54) is 0 Å². The van der Waals surface area contributed by atoms with Crippen LogP contribution in [0, 0.1) is 11.3 Å². The third-order valence-corrected chi connectivity index (χ3v) is 7.66. The molecule has 0 bridgehead atoms. The van der Waals surface area contributed by atoms with Gasteiger partial charge in [0.1, 0.15) is 11.9 Å². The van der Waals surface area contributed by atoms with E-state index >= 15 is 0 Å². The molecule has 2 N–H and O–H groups in total. The second-order valence-electron chi connectivity index (χ2n) is 10.4. The molecule has 0 spiro atoms. The van der Waals surface area contributed by atoms with Crippen molar-refractivity contribution in [2.75, 3.05) is 31.1 Å². The molecule has 1 aliphatic rings. The highest BCUT2D eigenvalue weighted by molar-refractivity contribution is 5.87. The van der Waals surface area contributed by atoms with Crippen molar-refractivity contribution < 1.29 is 14.7 Å². The van der Waals surface area contributed by atoms with Crippen LogP contribution in [0.25, 0.3) is 27.8 Å². The normalized spacial score (nSPS) is 14.0. The number of aryl methyl sites for hydroxylation is 1. The van der Waals surface area contributed by atoms with Gasteiger partial charge in [0.25, 0.3) is 0 Å². The Labute approximate surface area is 247 Å². The summed E-state index contributed by atoms with van der Waals surface area (Å²) >= 11 is 0. The van der Waals surface area contributed by atoms with Crippen LogP contribution < -0.4 is 10.2 Å². The molecule has 6 rings (SSSR count). The van der Waals surface area contributed by atoms with Gasteiger partial charge < -0.3 is 20.2 Å². The predicted molar refractivity (Wildman–Crippen MR) is 159 cm³/mol. The fourth-order valence-corrected chi connectivity index (χ4v) is 5.46. The predicted octanol–water partition coefficient (Wildman–Crippen LogP) is 3.72. The minimum absolute atomic E-state index is 0.0507. The number of pyridine rings is 2. The van der Waals surface area contributed by atoms with Gasteiger partial charge in [-0.25, -0.2) is 14.3 Å². The molecule has 1 aromatic carbocycles. The van der Waals surface area contributed by atoms with E-state index in [1.807, 2.05) is 68.0 Å². The summed E-state index contributed by atoms with van der Waals surface area (Å²) in [5.41, 5.74) is 5.48. The van der Waals surface area contributed by atoms with Crippen molar-refractivity contribution in [2.24, 2.45) is 7.05 Å². The number of hydrogen-bond donors (Lipinski definition) is 2. The van der Waals surface area contributed by atoms with Gasteiger partial charge >= 0.3 is 6.09 Å². The number of carbonyl (C=O) groups excluding carboxylic acids is 1. The number of piperazine rings is 1. The molecule has 1 unspecified atom stereocenters. The Bertz CT molecular complexity index is 1820. The Morgan fingerprint density at radius 2 is 1.77 bits per heavy atom. The highest BCUT2D eigenvalue weighted by Gasteiger charge is 2.26. The Morgan fingerprint density at radius 3 is 2.42 bits per heavy atom. The molecule has 2 amide bonds. The molecule has 5 aromatic rings. The number of hydrogen-bond acceptors (Lipinski definition) is 7. The number of rotatable bonds is 7. The lowest BCUT2D eigenvalue weighted by atomic mass is 10.0. The largest absolute Gasteiger partial charge is 0.465 e. The van der Waals surface area contributed by atoms with Gasteiger partial charge in [-0.2, -0.15) is 15.5 Å². The van der Waals surface area contributed by atoms with Crippen LogP contribution in [0.2, 0.25) is 0 Å². The summed E-state index contributed by atoms with van der Waals surface area (Å²) in [5, 5.41) is 30.1. The number of nitrogens with zero attached hydrogens (tertiary/aromatic N) is 8. The van der Waals surface area contributed by atoms with Gasteiger partial charge in [-0.05, 0) is 23.8 Å². The van der Waals surface area contributed by atoms with Gasteiger partial charge in [-0.3, -0.25) is 9.48 Å². The zero-order valence-corrected chi connectivity index (χ0v) is 23.5. The Balaban J connectivity index is 1.17. The molecule has 1 fully saturated rings. The average molecular weight is 576 g/mol. The molecule has 0 saturated carbocycles. The van der Waals surface area contributed by atoms with Crippen LogP contribution in [-0.4, -0.2) is 72.6 Å². The molecule has 12 heteroatoms. The molecule has 1 saturated heterocycles. The van der Waals surface area contributed by atoms with E-state index in [9.17, 15) is 20.0 Å². The van der Waals surface area contributed by atoms with E-state index in [0.29, 0.717) is 37.3 Å². The number of carboxylic acid groups (broad SMARTS) is 1. The van der Waals surface area contributed by atoms with Crippen LogP contribution >= 0.6 is 0 Å². The van der Waals surface area contributed by atoms with E-state index in [0.717, 1.165) is 33.6 Å². The average Bonchev–Trinajstić information content (AvgIpc) is 3.66. The second kappa shape index (κ2) is 11.7. The summed E-state index contributed by atoms with van der Waals surface area (Å²) in [6.45, 7) is 2.21. The first-order chi connectivity index (χ1) is 20.9. The molecule has 1 aliphatic heterocycles. The summed E-state index contributed by atoms with van der Waals surface area (Å²) in [7, 11) is 1.86. The zero-order chi connectivity index (χ0) is 29.9. The van der Waals surface area contributed by atoms with Gasteiger partial charge in [-0.15, -0.1) is 0 Å². The minimum Gasteiger partial charge on any atom is -0.465 e. The number of amides is 2. The maximum absolute atomic E-state index is 13.1. The maximum atomic E-state index is 13.1. The summed E-state index contributed by atoms with van der Waals surface area (Å²) in [6.07, 6.45) is 7.85. The number of benzene rings is 1. The van der Waals surface area contributed by atoms with Crippen molar-refractivity contribution in [3.8, 4) is 28.3 Å². The van der Waals surface area contributed by atoms with Crippen LogP contribution in [0.15, 0.2) is 79.5 Å². The molecule has 216 valence electrons. The third-order valence-electron chi connectivity index (χ3n) is 7.66. The number of carbonyl (C=O) groups is 2. The SMILES string of the molecule is Cn1cc(-c2cc(-c3ccc(N4CCN(C(=O)CC(NC(=O)O)c5ccccc5)CC4)nc3)c3c(C#N)cnn3c2)cn1. The first-order valence-corrected chi connectivity index (χ1v) is 13.8. The lowest BCUT2D eigenvalue weighted by Gasteiger charge is -2.36. The topological polar surface area (TPSA) is 145 Å². The Hall–Kier alpha value is -5.70. The fraction of sp³-hybridized carbons (Fsp3) is 0.226. The first-order valence-electron chi connectivity index (χ1n) is 13.8. The number of nitrogens with one attached hydrogen (secondary N) is 1. The maximum Gasteiger partial charge on any atom is 0.405 e. The van der Waals surface area contributed by atoms with Crippen molar-refractivity contribution in [1.82, 2.24) is 34.6 Å². The van der Waals surface area contributed by atoms with Crippen LogP contribution in [0.4, 0.5) is 10.6 Å². The fourth-order valence-electron chi connectivity index (χ4n) is 5.46. The van der Waals surface area contributed by atoms with Crippen LogP contribution in [0.5, 0.6) is 0 Å². The second-order valence-corrected chi connectivity index (χ2v) is 10.4. The molecule has 4 aromatic heterocycles. The summed E-state index contributed by atoms with van der Waals surface area (Å²) in [4.78, 5) is 33.1. The van der Waals surface area contributed by atoms with Crippen molar-refractivity contribution in [2.45, 2.75) is 12.5 Å². The summed E-state index contributed by atoms with van der Waals surface area (Å²) in [5.74, 6) is 0.691. The highest BCUT2D eigenvalue weighted by atomic mass is 16.4. The van der Waals surface area contributed by atoms with Crippen molar-refractivity contribution in [3.63, 3.8) is 0 Å². The van der Waals surface area contributed by atoms with Crippen LogP contribution in [-0.2, 0) is 11.8 Å². The molecule has 43 heavy (non-hydrogen) atoms. The highest BCUT2D eigenvalue weighted by Crippen LogP contribution is 2.32. The Morgan fingerprint density at radius 1 is 0.977 bits per heavy atom. The zero-order valence-electron chi connectivity index (χ0n) is 23.5. The van der Waals surface area contributed by atoms with Gasteiger partial charge in [0.05, 0.1) is 35.9 Å². The number of anilines is 1. The van der Waals surface area contributed by atoms with Crippen molar-refractivity contribution >= 4 is 23.3 Å². The summed E-state index contributed by atoms with van der Waals surface area (Å²) < 4.78 is 3.45. The molecule has 1 atom stereocenters. The van der Waals surface area contributed by atoms with Crippen molar-refractivity contribution in [3.05, 3.63) is 90.6 Å². The lowest BCUT2D eigenvalue weighted by Crippen LogP contribution is -2.49. The van der Waals surface area contributed by atoms with Crippen molar-refractivity contribution in [1.29, 1.82) is 5.26 Å². The Kier molecular flexibility index (Phi) is 7.44. The standard InChI is InChI=1S/C31H29N9O3/c1-37-19-25(18-34-37)23-13-26(30-24(15-32)17-35-40(30)20-23)22-7-8-28(33-16-22)38-9-11-39(12-10-38)29(41)14-27(36-31(42)43)21-5-3-2-4-6-21/h2-8,13,16-20,27,36H,9-12,14H2,1H3,(H,42,43). The van der Waals surface area contributed by atoms with Gasteiger partial charge in [-0.1, -0.05) is 30.3 Å². The lowest BCUT2D eigenvalue weighted by molar-refractivity contribution is -0.132. The van der Waals surface area contributed by atoms with E-state index in [4.69, 9.17) is 4.98 Å². The van der Waals surface area contributed by atoms with E-state index < -0.39 is 12.1 Å². The van der Waals surface area contributed by atoms with Crippen LogP contribution in [0.1, 0.15) is 23.6 Å². The molecule has 0 aliphatic carbocycles. The van der Waals surface area contributed by atoms with E-state index in [1.54, 1.807) is 32.7 Å². The quantitative estimate of drug-likeness (QED) is 0.299. The van der Waals surface area contributed by atoms with Gasteiger partial charge in [0.2, 0.25) is 5.91 Å². The third kappa shape index (κ3) is 5.73.